The Hall–Kier alpha value is -3.09. The summed E-state index contributed by atoms with van der Waals surface area (Å²) in [6, 6.07) is 7.93. The van der Waals surface area contributed by atoms with Crippen molar-refractivity contribution in [2.75, 3.05) is 23.3 Å². The zero-order chi connectivity index (χ0) is 18.7. The number of carbonyl (C=O) groups is 2. The summed E-state index contributed by atoms with van der Waals surface area (Å²) in [4.78, 5) is 38.1. The van der Waals surface area contributed by atoms with Gasteiger partial charge in [-0.25, -0.2) is 0 Å². The first-order chi connectivity index (χ1) is 12.5. The summed E-state index contributed by atoms with van der Waals surface area (Å²) in [5.41, 5.74) is 7.08. The molecule has 26 heavy (non-hydrogen) atoms. The first-order valence-electron chi connectivity index (χ1n) is 8.62. The molecular weight excluding hydrogens is 332 g/mol. The number of piperidine rings is 1. The lowest BCUT2D eigenvalue weighted by atomic mass is 10.1. The zero-order valence-electron chi connectivity index (χ0n) is 14.7. The van der Waals surface area contributed by atoms with Gasteiger partial charge < -0.3 is 20.5 Å². The molecule has 2 aromatic rings. The highest BCUT2D eigenvalue weighted by atomic mass is 16.2. The second-order valence-electron chi connectivity index (χ2n) is 6.46. The number of primary amides is 1. The van der Waals surface area contributed by atoms with Gasteiger partial charge in [0.15, 0.2) is 0 Å². The molecular formula is C19H22N4O3. The van der Waals surface area contributed by atoms with E-state index in [0.717, 1.165) is 31.6 Å². The molecule has 1 fully saturated rings. The molecule has 1 aliphatic rings. The normalized spacial score (nSPS) is 14.1. The van der Waals surface area contributed by atoms with E-state index >= 15 is 0 Å². The maximum Gasteiger partial charge on any atom is 0.255 e. The van der Waals surface area contributed by atoms with E-state index < -0.39 is 11.8 Å². The van der Waals surface area contributed by atoms with Gasteiger partial charge in [0.05, 0.1) is 11.4 Å². The number of hydrogen-bond acceptors (Lipinski definition) is 4. The third-order valence-electron chi connectivity index (χ3n) is 4.59. The van der Waals surface area contributed by atoms with Gasteiger partial charge in [-0.15, -0.1) is 0 Å². The van der Waals surface area contributed by atoms with Crippen LogP contribution in [0.3, 0.4) is 0 Å². The van der Waals surface area contributed by atoms with Crippen LogP contribution < -0.4 is 21.5 Å². The number of aryl methyl sites for hydroxylation is 1. The Morgan fingerprint density at radius 2 is 1.77 bits per heavy atom. The minimum absolute atomic E-state index is 0.264. The van der Waals surface area contributed by atoms with Gasteiger partial charge in [0.25, 0.3) is 11.5 Å². The van der Waals surface area contributed by atoms with E-state index in [1.54, 1.807) is 31.4 Å². The Morgan fingerprint density at radius 3 is 2.42 bits per heavy atom. The number of nitrogens with two attached hydrogens (primary N) is 1. The van der Waals surface area contributed by atoms with Gasteiger partial charge in [0.1, 0.15) is 0 Å². The Bertz CT molecular complexity index is 898. The van der Waals surface area contributed by atoms with E-state index in [1.165, 1.54) is 17.1 Å². The summed E-state index contributed by atoms with van der Waals surface area (Å²) in [7, 11) is 1.62. The lowest BCUT2D eigenvalue weighted by molar-refractivity contribution is 0.0996. The monoisotopic (exact) mass is 354 g/mol. The van der Waals surface area contributed by atoms with E-state index in [2.05, 4.69) is 10.2 Å². The molecule has 0 unspecified atom stereocenters. The fourth-order valence-corrected chi connectivity index (χ4v) is 3.08. The summed E-state index contributed by atoms with van der Waals surface area (Å²) < 4.78 is 1.39. The average molecular weight is 354 g/mol. The van der Waals surface area contributed by atoms with Crippen LogP contribution in [0.2, 0.25) is 0 Å². The number of nitrogens with one attached hydrogen (secondary N) is 1. The highest BCUT2D eigenvalue weighted by Gasteiger charge is 2.18. The van der Waals surface area contributed by atoms with Gasteiger partial charge in [-0.1, -0.05) is 0 Å². The molecule has 3 rings (SSSR count). The molecule has 2 amide bonds. The summed E-state index contributed by atoms with van der Waals surface area (Å²) >= 11 is 0. The summed E-state index contributed by atoms with van der Waals surface area (Å²) in [5.74, 6) is -0.957. The number of benzene rings is 1. The minimum atomic E-state index is -0.556. The van der Waals surface area contributed by atoms with Crippen molar-refractivity contribution < 1.29 is 9.59 Å². The van der Waals surface area contributed by atoms with Gasteiger partial charge in [0, 0.05) is 43.5 Å². The van der Waals surface area contributed by atoms with Gasteiger partial charge >= 0.3 is 0 Å². The summed E-state index contributed by atoms with van der Waals surface area (Å²) in [5, 5.41) is 2.83. The van der Waals surface area contributed by atoms with Gasteiger partial charge in [-0.05, 0) is 43.5 Å². The maximum absolute atomic E-state index is 12.6. The second-order valence-corrected chi connectivity index (χ2v) is 6.46. The van der Waals surface area contributed by atoms with Gasteiger partial charge in [0.2, 0.25) is 5.91 Å². The fourth-order valence-electron chi connectivity index (χ4n) is 3.08. The number of nitrogens with zero attached hydrogens (tertiary/aromatic N) is 2. The molecule has 1 saturated heterocycles. The van der Waals surface area contributed by atoms with Gasteiger partial charge in [-0.3, -0.25) is 14.4 Å². The number of aromatic nitrogens is 1. The standard InChI is InChI=1S/C19H22N4O3/c1-22-10-7-14(12-17(22)24)19(26)21-15-11-13(18(20)25)5-6-16(15)23-8-3-2-4-9-23/h5-7,10-12H,2-4,8-9H2,1H3,(H2,20,25)(H,21,26). The number of rotatable bonds is 4. The smallest absolute Gasteiger partial charge is 0.255 e. The molecule has 0 spiro atoms. The molecule has 1 aliphatic heterocycles. The highest BCUT2D eigenvalue weighted by molar-refractivity contribution is 6.07. The van der Waals surface area contributed by atoms with E-state index in [-0.39, 0.29) is 11.1 Å². The Labute approximate surface area is 151 Å². The van der Waals surface area contributed by atoms with Crippen LogP contribution in [0.4, 0.5) is 11.4 Å². The van der Waals surface area contributed by atoms with E-state index in [9.17, 15) is 14.4 Å². The molecule has 7 heteroatoms. The number of amides is 2. The lowest BCUT2D eigenvalue weighted by Gasteiger charge is -2.30. The molecule has 0 aliphatic carbocycles. The number of anilines is 2. The SMILES string of the molecule is Cn1ccc(C(=O)Nc2cc(C(N)=O)ccc2N2CCCCC2)cc1=O. The van der Waals surface area contributed by atoms with Crippen LogP contribution in [0.5, 0.6) is 0 Å². The van der Waals surface area contributed by atoms with E-state index in [4.69, 9.17) is 5.73 Å². The fraction of sp³-hybridized carbons (Fsp3) is 0.316. The molecule has 7 nitrogen and oxygen atoms in total. The largest absolute Gasteiger partial charge is 0.370 e. The van der Waals surface area contributed by atoms with Crippen LogP contribution >= 0.6 is 0 Å². The van der Waals surface area contributed by atoms with Crippen LogP contribution in [-0.2, 0) is 7.05 Å². The number of carbonyl (C=O) groups excluding carboxylic acids is 2. The number of pyridine rings is 1. The molecule has 0 saturated carbocycles. The van der Waals surface area contributed by atoms with Crippen molar-refractivity contribution in [3.63, 3.8) is 0 Å². The van der Waals surface area contributed by atoms with Crippen molar-refractivity contribution in [1.29, 1.82) is 0 Å². The van der Waals surface area contributed by atoms with Crippen molar-refractivity contribution in [1.82, 2.24) is 4.57 Å². The molecule has 1 aromatic carbocycles. The van der Waals surface area contributed by atoms with Crippen molar-refractivity contribution in [2.24, 2.45) is 12.8 Å². The van der Waals surface area contributed by atoms with Gasteiger partial charge in [-0.2, -0.15) is 0 Å². The zero-order valence-corrected chi connectivity index (χ0v) is 14.7. The third kappa shape index (κ3) is 3.77. The van der Waals surface area contributed by atoms with Crippen LogP contribution in [0.25, 0.3) is 0 Å². The molecule has 0 radical (unpaired) electrons. The van der Waals surface area contributed by atoms with E-state index in [0.29, 0.717) is 11.3 Å². The first kappa shape index (κ1) is 17.7. The van der Waals surface area contributed by atoms with Crippen LogP contribution in [0.15, 0.2) is 41.3 Å². The minimum Gasteiger partial charge on any atom is -0.370 e. The van der Waals surface area contributed by atoms with Crippen LogP contribution in [0.1, 0.15) is 40.0 Å². The van der Waals surface area contributed by atoms with Crippen molar-refractivity contribution in [3.05, 3.63) is 58.0 Å². The highest BCUT2D eigenvalue weighted by Crippen LogP contribution is 2.30. The van der Waals surface area contributed by atoms with Crippen molar-refractivity contribution in [3.8, 4) is 0 Å². The molecule has 3 N–H and O–H groups in total. The molecule has 2 heterocycles. The van der Waals surface area contributed by atoms with E-state index in [1.807, 2.05) is 6.07 Å². The number of hydrogen-bond donors (Lipinski definition) is 2. The molecule has 136 valence electrons. The third-order valence-corrected chi connectivity index (χ3v) is 4.59. The topological polar surface area (TPSA) is 97.4 Å². The second kappa shape index (κ2) is 7.43. The lowest BCUT2D eigenvalue weighted by Crippen LogP contribution is -2.30. The molecule has 0 bridgehead atoms. The summed E-state index contributed by atoms with van der Waals surface area (Å²) in [6.07, 6.45) is 4.90. The maximum atomic E-state index is 12.6. The first-order valence-corrected chi connectivity index (χ1v) is 8.62. The summed E-state index contributed by atoms with van der Waals surface area (Å²) in [6.45, 7) is 1.79. The van der Waals surface area contributed by atoms with Crippen molar-refractivity contribution in [2.45, 2.75) is 19.3 Å². The Morgan fingerprint density at radius 1 is 1.04 bits per heavy atom. The Kier molecular flexibility index (Phi) is 5.06. The van der Waals surface area contributed by atoms with Crippen LogP contribution in [0, 0.1) is 0 Å². The molecule has 0 atom stereocenters. The molecule has 1 aromatic heterocycles. The average Bonchev–Trinajstić information content (AvgIpc) is 2.64. The van der Waals surface area contributed by atoms with Crippen LogP contribution in [-0.4, -0.2) is 29.5 Å². The quantitative estimate of drug-likeness (QED) is 0.874. The predicted molar refractivity (Wildman–Crippen MR) is 101 cm³/mol. The predicted octanol–water partition coefficient (Wildman–Crippen LogP) is 1.73. The van der Waals surface area contributed by atoms with Crippen molar-refractivity contribution >= 4 is 23.2 Å². The Balaban J connectivity index is 1.93.